The van der Waals surface area contributed by atoms with Gasteiger partial charge in [-0.2, -0.15) is 0 Å². The quantitative estimate of drug-likeness (QED) is 0.495. The van der Waals surface area contributed by atoms with Gasteiger partial charge in [-0.3, -0.25) is 9.59 Å². The number of ether oxygens (including phenoxy) is 3. The van der Waals surface area contributed by atoms with E-state index in [0.717, 1.165) is 10.5 Å². The summed E-state index contributed by atoms with van der Waals surface area (Å²) >= 11 is 0. The molecule has 178 valence electrons. The first kappa shape index (κ1) is 24.5. The third-order valence-electron chi connectivity index (χ3n) is 5.17. The molecule has 9 heteroatoms. The van der Waals surface area contributed by atoms with E-state index in [1.165, 1.54) is 23.7 Å². The topological polar surface area (TPSA) is 104 Å². The number of carbonyl (C=O) groups is 3. The fraction of sp³-hybridized carbons (Fsp3) is 0.280. The van der Waals surface area contributed by atoms with Crippen LogP contribution in [0.4, 0.5) is 15.3 Å². The van der Waals surface area contributed by atoms with Crippen molar-refractivity contribution in [2.24, 2.45) is 7.05 Å². The minimum absolute atomic E-state index is 0.0113. The average Bonchev–Trinajstić information content (AvgIpc) is 2.83. The third kappa shape index (κ3) is 4.63. The van der Waals surface area contributed by atoms with Gasteiger partial charge in [0.05, 0.1) is 24.4 Å². The molecule has 0 unspecified atom stereocenters. The molecule has 3 rings (SSSR count). The summed E-state index contributed by atoms with van der Waals surface area (Å²) in [4.78, 5) is 53.2. The third-order valence-corrected chi connectivity index (χ3v) is 5.17. The molecule has 2 aromatic carbocycles. The van der Waals surface area contributed by atoms with Gasteiger partial charge in [-0.15, -0.1) is 0 Å². The molecule has 0 aliphatic rings. The Morgan fingerprint density at radius 3 is 2.21 bits per heavy atom. The smallest absolute Gasteiger partial charge is 0.449 e. The zero-order valence-corrected chi connectivity index (χ0v) is 19.5. The largest absolute Gasteiger partial charge is 0.513 e. The molecule has 2 amide bonds. The van der Waals surface area contributed by atoms with Crippen molar-refractivity contribution in [3.63, 3.8) is 0 Å². The number of carbonyl (C=O) groups excluding carboxylic acids is 3. The molecule has 0 atom stereocenters. The predicted molar refractivity (Wildman–Crippen MR) is 126 cm³/mol. The summed E-state index contributed by atoms with van der Waals surface area (Å²) in [6.07, 6.45) is -1.51. The second-order valence-corrected chi connectivity index (χ2v) is 7.19. The van der Waals surface area contributed by atoms with Gasteiger partial charge in [0.25, 0.3) is 11.5 Å². The first-order valence-corrected chi connectivity index (χ1v) is 10.9. The summed E-state index contributed by atoms with van der Waals surface area (Å²) in [5, 5.41) is 0.403. The van der Waals surface area contributed by atoms with E-state index in [2.05, 4.69) is 0 Å². The molecule has 0 aliphatic carbocycles. The Morgan fingerprint density at radius 2 is 1.59 bits per heavy atom. The van der Waals surface area contributed by atoms with Crippen LogP contribution in [0.5, 0.6) is 5.75 Å². The number of nitrogens with zero attached hydrogens (tertiary/aromatic N) is 2. The van der Waals surface area contributed by atoms with Crippen molar-refractivity contribution in [2.45, 2.75) is 27.2 Å². The van der Waals surface area contributed by atoms with Crippen LogP contribution in [0.3, 0.4) is 0 Å². The number of hydrogen-bond acceptors (Lipinski definition) is 7. The van der Waals surface area contributed by atoms with E-state index >= 15 is 0 Å². The van der Waals surface area contributed by atoms with Crippen molar-refractivity contribution in [3.05, 3.63) is 70.0 Å². The van der Waals surface area contributed by atoms with Crippen LogP contribution < -0.4 is 15.2 Å². The monoisotopic (exact) mass is 466 g/mol. The summed E-state index contributed by atoms with van der Waals surface area (Å²) in [7, 11) is 1.51. The standard InChI is InChI=1S/C25H26N2O7/c1-5-16-12-11-15-18-19(16)21(34-25(31)33-7-3)20(22(28)26(18)4)23(29)27(24(30)32-6-2)17-13-9-8-10-14-17/h8-15H,5-7H2,1-4H3. The number of hydrogen-bond donors (Lipinski definition) is 0. The number of anilines is 1. The van der Waals surface area contributed by atoms with Crippen molar-refractivity contribution in [1.29, 1.82) is 0 Å². The highest BCUT2D eigenvalue weighted by Crippen LogP contribution is 2.33. The van der Waals surface area contributed by atoms with E-state index in [4.69, 9.17) is 14.2 Å². The van der Waals surface area contributed by atoms with Crippen LogP contribution in [0.1, 0.15) is 36.7 Å². The molecule has 0 radical (unpaired) electrons. The number of para-hydroxylation sites is 1. The second-order valence-electron chi connectivity index (χ2n) is 7.19. The number of aromatic nitrogens is 1. The summed E-state index contributed by atoms with van der Waals surface area (Å²) in [5.74, 6) is -1.25. The lowest BCUT2D eigenvalue weighted by molar-refractivity contribution is 0.0952. The van der Waals surface area contributed by atoms with Crippen LogP contribution in [0.25, 0.3) is 10.9 Å². The molecule has 0 saturated heterocycles. The van der Waals surface area contributed by atoms with E-state index in [1.54, 1.807) is 50.2 Å². The van der Waals surface area contributed by atoms with E-state index in [1.807, 2.05) is 6.92 Å². The van der Waals surface area contributed by atoms with Gasteiger partial charge >= 0.3 is 12.2 Å². The van der Waals surface area contributed by atoms with Crippen LogP contribution in [0.15, 0.2) is 53.3 Å². The van der Waals surface area contributed by atoms with Gasteiger partial charge < -0.3 is 18.8 Å². The first-order chi connectivity index (χ1) is 16.3. The first-order valence-electron chi connectivity index (χ1n) is 10.9. The average molecular weight is 466 g/mol. The number of benzene rings is 2. The maximum atomic E-state index is 13.8. The Hall–Kier alpha value is -4.14. The zero-order valence-electron chi connectivity index (χ0n) is 19.5. The van der Waals surface area contributed by atoms with Gasteiger partial charge in [-0.05, 0) is 44.0 Å². The summed E-state index contributed by atoms with van der Waals surface area (Å²) in [6, 6.07) is 13.3. The highest BCUT2D eigenvalue weighted by Gasteiger charge is 2.34. The molecule has 0 spiro atoms. The number of aryl methyl sites for hydroxylation is 2. The van der Waals surface area contributed by atoms with Gasteiger partial charge in [0.15, 0.2) is 5.75 Å². The number of rotatable bonds is 6. The van der Waals surface area contributed by atoms with E-state index in [0.29, 0.717) is 17.3 Å². The lowest BCUT2D eigenvalue weighted by atomic mass is 10.0. The van der Waals surface area contributed by atoms with Gasteiger partial charge in [0.1, 0.15) is 5.56 Å². The Morgan fingerprint density at radius 1 is 0.912 bits per heavy atom. The molecule has 0 saturated carbocycles. The van der Waals surface area contributed by atoms with Gasteiger partial charge in [0.2, 0.25) is 0 Å². The molecule has 0 bridgehead atoms. The number of imide groups is 1. The fourth-order valence-corrected chi connectivity index (χ4v) is 3.63. The Bertz CT molecular complexity index is 1280. The summed E-state index contributed by atoms with van der Waals surface area (Å²) in [5.41, 5.74) is 0.168. The molecular formula is C25H26N2O7. The molecule has 0 N–H and O–H groups in total. The zero-order chi connectivity index (χ0) is 24.8. The SMILES string of the molecule is CCOC(=O)Oc1c(C(=O)N(C(=O)OCC)c2ccccc2)c(=O)n(C)c2cccc(CC)c12. The number of fused-ring (bicyclic) bond motifs is 1. The molecule has 3 aromatic rings. The maximum absolute atomic E-state index is 13.8. The summed E-state index contributed by atoms with van der Waals surface area (Å²) < 4.78 is 16.7. The maximum Gasteiger partial charge on any atom is 0.513 e. The normalized spacial score (nSPS) is 10.6. The number of pyridine rings is 1. The molecule has 1 aromatic heterocycles. The van der Waals surface area contributed by atoms with Crippen LogP contribution >= 0.6 is 0 Å². The van der Waals surface area contributed by atoms with Crippen molar-refractivity contribution in [3.8, 4) is 5.75 Å². The summed E-state index contributed by atoms with van der Waals surface area (Å²) in [6.45, 7) is 5.14. The lowest BCUT2D eigenvalue weighted by Gasteiger charge is -2.22. The molecule has 0 fully saturated rings. The van der Waals surface area contributed by atoms with Gasteiger partial charge in [0, 0.05) is 12.4 Å². The fourth-order valence-electron chi connectivity index (χ4n) is 3.63. The van der Waals surface area contributed by atoms with Crippen molar-refractivity contribution in [1.82, 2.24) is 4.57 Å². The van der Waals surface area contributed by atoms with Crippen LogP contribution in [0.2, 0.25) is 0 Å². The minimum atomic E-state index is -1.07. The molecule has 0 aliphatic heterocycles. The van der Waals surface area contributed by atoms with E-state index in [9.17, 15) is 19.2 Å². The predicted octanol–water partition coefficient (Wildman–Crippen LogP) is 4.44. The van der Waals surface area contributed by atoms with E-state index < -0.39 is 29.3 Å². The van der Waals surface area contributed by atoms with Crippen LogP contribution in [-0.2, 0) is 22.9 Å². The van der Waals surface area contributed by atoms with Crippen LogP contribution in [0, 0.1) is 0 Å². The highest BCUT2D eigenvalue weighted by molar-refractivity contribution is 6.21. The van der Waals surface area contributed by atoms with Gasteiger partial charge in [-0.1, -0.05) is 37.3 Å². The van der Waals surface area contributed by atoms with Gasteiger partial charge in [-0.25, -0.2) is 14.5 Å². The highest BCUT2D eigenvalue weighted by atomic mass is 16.7. The Labute approximate surface area is 196 Å². The molecule has 1 heterocycles. The lowest BCUT2D eigenvalue weighted by Crippen LogP contribution is -2.41. The van der Waals surface area contributed by atoms with Crippen LogP contribution in [-0.4, -0.2) is 35.9 Å². The van der Waals surface area contributed by atoms with Crippen molar-refractivity contribution in [2.75, 3.05) is 18.1 Å². The van der Waals surface area contributed by atoms with Crippen molar-refractivity contribution >= 4 is 34.7 Å². The second kappa shape index (κ2) is 10.7. The van der Waals surface area contributed by atoms with Crippen molar-refractivity contribution < 1.29 is 28.6 Å². The van der Waals surface area contributed by atoms with E-state index in [-0.39, 0.29) is 24.7 Å². The Kier molecular flexibility index (Phi) is 7.68. The molecule has 34 heavy (non-hydrogen) atoms. The molecule has 9 nitrogen and oxygen atoms in total. The minimum Gasteiger partial charge on any atom is -0.449 e. The molecular weight excluding hydrogens is 440 g/mol. The Balaban J connectivity index is 2.36. The number of amides is 2.